The molecule has 0 aromatic rings. The SMILES string of the molecule is CCCCCCCCCCCCCCCC(C)NC(C)CCCCCCCCCCCCCCC. The van der Waals surface area contributed by atoms with Gasteiger partial charge in [0.05, 0.1) is 0 Å². The maximum Gasteiger partial charge on any atom is 0.00412 e. The largest absolute Gasteiger partial charge is 0.312 e. The topological polar surface area (TPSA) is 12.0 Å². The van der Waals surface area contributed by atoms with Gasteiger partial charge in [-0.05, 0) is 26.7 Å². The molecule has 1 N–H and O–H groups in total. The van der Waals surface area contributed by atoms with E-state index in [1.54, 1.807) is 0 Å². The van der Waals surface area contributed by atoms with Gasteiger partial charge >= 0.3 is 0 Å². The van der Waals surface area contributed by atoms with Crippen LogP contribution in [0.15, 0.2) is 0 Å². The molecule has 0 saturated heterocycles. The highest BCUT2D eigenvalue weighted by atomic mass is 14.9. The summed E-state index contributed by atoms with van der Waals surface area (Å²) in [6, 6.07) is 1.39. The Morgan fingerprint density at radius 2 is 0.514 bits per heavy atom. The third-order valence-electron chi connectivity index (χ3n) is 8.05. The van der Waals surface area contributed by atoms with Gasteiger partial charge in [0.2, 0.25) is 0 Å². The molecule has 0 fully saturated rings. The Labute approximate surface area is 224 Å². The third kappa shape index (κ3) is 30.1. The number of hydrogen-bond acceptors (Lipinski definition) is 1. The first-order valence-corrected chi connectivity index (χ1v) is 17.0. The first kappa shape index (κ1) is 35.0. The predicted octanol–water partition coefficient (Wildman–Crippen LogP) is 12.3. The summed E-state index contributed by atoms with van der Waals surface area (Å²) in [5.74, 6) is 0. The van der Waals surface area contributed by atoms with Crippen molar-refractivity contribution < 1.29 is 0 Å². The summed E-state index contributed by atoms with van der Waals surface area (Å²) in [7, 11) is 0. The van der Waals surface area contributed by atoms with E-state index in [4.69, 9.17) is 0 Å². The molecule has 0 aromatic heterocycles. The molecule has 1 heteroatoms. The Kier molecular flexibility index (Phi) is 30.2. The fraction of sp³-hybridized carbons (Fsp3) is 1.00. The first-order valence-electron chi connectivity index (χ1n) is 17.0. The molecule has 1 nitrogen and oxygen atoms in total. The van der Waals surface area contributed by atoms with E-state index < -0.39 is 0 Å². The van der Waals surface area contributed by atoms with E-state index in [9.17, 15) is 0 Å². The molecule has 0 aliphatic carbocycles. The van der Waals surface area contributed by atoms with Crippen molar-refractivity contribution >= 4 is 0 Å². The van der Waals surface area contributed by atoms with Crippen LogP contribution in [0.5, 0.6) is 0 Å². The minimum Gasteiger partial charge on any atom is -0.312 e. The van der Waals surface area contributed by atoms with Crippen LogP contribution in [0.1, 0.15) is 207 Å². The van der Waals surface area contributed by atoms with Crippen LogP contribution in [0.25, 0.3) is 0 Å². The minimum atomic E-state index is 0.694. The fourth-order valence-electron chi connectivity index (χ4n) is 5.59. The summed E-state index contributed by atoms with van der Waals surface area (Å²) in [5, 5.41) is 3.87. The minimum absolute atomic E-state index is 0.694. The van der Waals surface area contributed by atoms with Gasteiger partial charge in [0.1, 0.15) is 0 Å². The summed E-state index contributed by atoms with van der Waals surface area (Å²) in [6.45, 7) is 9.42. The molecule has 0 aliphatic heterocycles. The number of hydrogen-bond donors (Lipinski definition) is 1. The highest BCUT2D eigenvalue weighted by Gasteiger charge is 2.07. The molecule has 0 bridgehead atoms. The van der Waals surface area contributed by atoms with Crippen LogP contribution >= 0.6 is 0 Å². The van der Waals surface area contributed by atoms with Crippen molar-refractivity contribution in [1.29, 1.82) is 0 Å². The zero-order chi connectivity index (χ0) is 25.7. The van der Waals surface area contributed by atoms with Gasteiger partial charge in [0, 0.05) is 12.1 Å². The molecule has 35 heavy (non-hydrogen) atoms. The van der Waals surface area contributed by atoms with E-state index in [-0.39, 0.29) is 0 Å². The van der Waals surface area contributed by atoms with Crippen molar-refractivity contribution in [1.82, 2.24) is 5.32 Å². The lowest BCUT2D eigenvalue weighted by Gasteiger charge is -2.20. The Balaban J connectivity index is 3.27. The Morgan fingerprint density at radius 1 is 0.314 bits per heavy atom. The lowest BCUT2D eigenvalue weighted by molar-refractivity contribution is 0.402. The number of rotatable bonds is 30. The van der Waals surface area contributed by atoms with Crippen molar-refractivity contribution in [2.45, 2.75) is 220 Å². The Hall–Kier alpha value is -0.0400. The van der Waals surface area contributed by atoms with Gasteiger partial charge in [0.25, 0.3) is 0 Å². The smallest absolute Gasteiger partial charge is 0.00412 e. The van der Waals surface area contributed by atoms with Crippen LogP contribution in [0, 0.1) is 0 Å². The van der Waals surface area contributed by atoms with Crippen LogP contribution in [-0.2, 0) is 0 Å². The molecule has 2 unspecified atom stereocenters. The van der Waals surface area contributed by atoms with Gasteiger partial charge in [-0.2, -0.15) is 0 Å². The highest BCUT2D eigenvalue weighted by Crippen LogP contribution is 2.15. The van der Waals surface area contributed by atoms with Crippen molar-refractivity contribution in [3.8, 4) is 0 Å². The van der Waals surface area contributed by atoms with Gasteiger partial charge in [-0.15, -0.1) is 0 Å². The van der Waals surface area contributed by atoms with Crippen molar-refractivity contribution in [2.75, 3.05) is 0 Å². The molecule has 0 saturated carbocycles. The second kappa shape index (κ2) is 30.2. The number of unbranched alkanes of at least 4 members (excludes halogenated alkanes) is 24. The lowest BCUT2D eigenvalue weighted by atomic mass is 10.0. The second-order valence-corrected chi connectivity index (χ2v) is 12.0. The van der Waals surface area contributed by atoms with Gasteiger partial charge in [-0.3, -0.25) is 0 Å². The molecule has 0 aromatic carbocycles. The monoisotopic (exact) mass is 494 g/mol. The number of nitrogens with one attached hydrogen (secondary N) is 1. The third-order valence-corrected chi connectivity index (χ3v) is 8.05. The molecule has 0 spiro atoms. The normalized spacial score (nSPS) is 13.4. The standard InChI is InChI=1S/C34H71N/c1-5-7-9-11-13-15-17-19-21-23-25-27-29-31-33(3)35-34(4)32-30-28-26-24-22-20-18-16-14-12-10-8-6-2/h33-35H,5-32H2,1-4H3. The van der Waals surface area contributed by atoms with E-state index in [0.29, 0.717) is 12.1 Å². The maximum absolute atomic E-state index is 3.87. The fourth-order valence-corrected chi connectivity index (χ4v) is 5.59. The Morgan fingerprint density at radius 3 is 0.743 bits per heavy atom. The summed E-state index contributed by atoms with van der Waals surface area (Å²) in [5.41, 5.74) is 0. The van der Waals surface area contributed by atoms with Gasteiger partial charge < -0.3 is 5.32 Å². The summed E-state index contributed by atoms with van der Waals surface area (Å²) in [4.78, 5) is 0. The zero-order valence-corrected chi connectivity index (χ0v) is 25.5. The van der Waals surface area contributed by atoms with Crippen LogP contribution in [-0.4, -0.2) is 12.1 Å². The van der Waals surface area contributed by atoms with E-state index >= 15 is 0 Å². The van der Waals surface area contributed by atoms with Crippen LogP contribution in [0.3, 0.4) is 0 Å². The molecule has 2 atom stereocenters. The average Bonchev–Trinajstić information content (AvgIpc) is 2.85. The van der Waals surface area contributed by atoms with Crippen LogP contribution in [0.2, 0.25) is 0 Å². The van der Waals surface area contributed by atoms with E-state index in [1.807, 2.05) is 0 Å². The lowest BCUT2D eigenvalue weighted by Crippen LogP contribution is -2.34. The summed E-state index contributed by atoms with van der Waals surface area (Å²) in [6.07, 6.45) is 40.5. The maximum atomic E-state index is 3.87. The van der Waals surface area contributed by atoms with Gasteiger partial charge in [-0.1, -0.05) is 181 Å². The van der Waals surface area contributed by atoms with Crippen molar-refractivity contribution in [2.24, 2.45) is 0 Å². The molecular formula is C34H71N. The predicted molar refractivity (Wildman–Crippen MR) is 163 cm³/mol. The average molecular weight is 494 g/mol. The molecule has 0 radical (unpaired) electrons. The molecule has 0 rings (SSSR count). The summed E-state index contributed by atoms with van der Waals surface area (Å²) < 4.78 is 0. The Bertz CT molecular complexity index is 332. The molecule has 0 aliphatic rings. The molecule has 0 heterocycles. The van der Waals surface area contributed by atoms with Crippen molar-refractivity contribution in [3.05, 3.63) is 0 Å². The summed E-state index contributed by atoms with van der Waals surface area (Å²) >= 11 is 0. The first-order chi connectivity index (χ1) is 17.2. The van der Waals surface area contributed by atoms with Crippen LogP contribution < -0.4 is 5.32 Å². The van der Waals surface area contributed by atoms with E-state index in [1.165, 1.54) is 180 Å². The highest BCUT2D eigenvalue weighted by molar-refractivity contribution is 4.68. The van der Waals surface area contributed by atoms with Gasteiger partial charge in [-0.25, -0.2) is 0 Å². The molecule has 212 valence electrons. The quantitative estimate of drug-likeness (QED) is 0.0980. The van der Waals surface area contributed by atoms with Gasteiger partial charge in [0.15, 0.2) is 0 Å². The second-order valence-electron chi connectivity index (χ2n) is 12.0. The molecule has 0 amide bonds. The van der Waals surface area contributed by atoms with E-state index in [2.05, 4.69) is 33.0 Å². The molecular weight excluding hydrogens is 422 g/mol. The zero-order valence-electron chi connectivity index (χ0n) is 25.5. The van der Waals surface area contributed by atoms with Crippen LogP contribution in [0.4, 0.5) is 0 Å². The van der Waals surface area contributed by atoms with E-state index in [0.717, 1.165) is 0 Å². The van der Waals surface area contributed by atoms with Crippen molar-refractivity contribution in [3.63, 3.8) is 0 Å².